The zero-order chi connectivity index (χ0) is 25.5. The second-order valence-corrected chi connectivity index (χ2v) is 12.1. The van der Waals surface area contributed by atoms with Crippen LogP contribution < -0.4 is 10.1 Å². The number of aromatic nitrogens is 5. The van der Waals surface area contributed by atoms with E-state index in [0.29, 0.717) is 47.7 Å². The normalized spacial score (nSPS) is 11.6. The Morgan fingerprint density at radius 1 is 1.06 bits per heavy atom. The number of nitrogens with one attached hydrogen (secondary N) is 1. The topological polar surface area (TPSA) is 107 Å². The molecule has 2 N–H and O–H groups in total. The van der Waals surface area contributed by atoms with Crippen molar-refractivity contribution >= 4 is 20.3 Å². The Hall–Kier alpha value is -3.60. The second kappa shape index (κ2) is 11.4. The first-order chi connectivity index (χ1) is 17.3. The van der Waals surface area contributed by atoms with Crippen LogP contribution in [0.2, 0.25) is 19.1 Å². The van der Waals surface area contributed by atoms with Gasteiger partial charge in [-0.1, -0.05) is 19.2 Å². The van der Waals surface area contributed by atoms with Crippen molar-refractivity contribution < 1.29 is 14.6 Å². The van der Waals surface area contributed by atoms with E-state index in [-0.39, 0.29) is 8.80 Å². The molecule has 4 rings (SSSR count). The molecule has 0 aliphatic rings. The summed E-state index contributed by atoms with van der Waals surface area (Å²) >= 11 is 0. The highest BCUT2D eigenvalue weighted by Gasteiger charge is 2.18. The molecule has 4 aromatic heterocycles. The average Bonchev–Trinajstić information content (AvgIpc) is 3.25. The molecule has 0 atom stereocenters. The number of pyridine rings is 3. The van der Waals surface area contributed by atoms with E-state index in [1.165, 1.54) is 0 Å². The van der Waals surface area contributed by atoms with Gasteiger partial charge in [-0.2, -0.15) is 5.10 Å². The predicted molar refractivity (Wildman–Crippen MR) is 141 cm³/mol. The minimum absolute atomic E-state index is 0.326. The van der Waals surface area contributed by atoms with Crippen LogP contribution in [0.3, 0.4) is 0 Å². The molecule has 0 spiro atoms. The average molecular weight is 504 g/mol. The summed E-state index contributed by atoms with van der Waals surface area (Å²) in [5.74, 6) is 1.76. The molecule has 0 aliphatic heterocycles. The summed E-state index contributed by atoms with van der Waals surface area (Å²) in [7, 11) is -0.326. The minimum atomic E-state index is -0.999. The van der Waals surface area contributed by atoms with Gasteiger partial charge in [0.25, 0.3) is 0 Å². The number of anilines is 2. The van der Waals surface area contributed by atoms with Gasteiger partial charge in [-0.3, -0.25) is 9.97 Å². The third-order valence-corrected chi connectivity index (χ3v) is 6.43. The number of ether oxygens (including phenoxy) is 2. The lowest BCUT2D eigenvalue weighted by Crippen LogP contribution is -2.17. The van der Waals surface area contributed by atoms with E-state index in [9.17, 15) is 5.11 Å². The maximum Gasteiger partial charge on any atom is 0.175 e. The zero-order valence-electron chi connectivity index (χ0n) is 21.0. The summed E-state index contributed by atoms with van der Waals surface area (Å²) in [6.07, 6.45) is 6.87. The van der Waals surface area contributed by atoms with Crippen molar-refractivity contribution in [3.8, 4) is 22.9 Å². The fourth-order valence-electron chi connectivity index (χ4n) is 3.31. The molecule has 0 unspecified atom stereocenters. The first kappa shape index (κ1) is 25.5. The molecular weight excluding hydrogens is 472 g/mol. The van der Waals surface area contributed by atoms with Gasteiger partial charge in [0.15, 0.2) is 11.4 Å². The maximum absolute atomic E-state index is 10.1. The van der Waals surface area contributed by atoms with Crippen molar-refractivity contribution in [3.05, 3.63) is 72.9 Å². The van der Waals surface area contributed by atoms with Gasteiger partial charge in [-0.25, -0.2) is 9.67 Å². The number of aliphatic hydroxyl groups is 1. The highest BCUT2D eigenvalue weighted by atomic mass is 28.3. The Kier molecular flexibility index (Phi) is 8.09. The Morgan fingerprint density at radius 2 is 1.92 bits per heavy atom. The monoisotopic (exact) mass is 503 g/mol. The van der Waals surface area contributed by atoms with Crippen molar-refractivity contribution in [1.29, 1.82) is 0 Å². The molecule has 0 aromatic carbocycles. The summed E-state index contributed by atoms with van der Waals surface area (Å²) < 4.78 is 13.8. The van der Waals surface area contributed by atoms with Gasteiger partial charge in [0, 0.05) is 33.9 Å². The summed E-state index contributed by atoms with van der Waals surface area (Å²) in [5, 5.41) is 18.0. The number of rotatable bonds is 11. The summed E-state index contributed by atoms with van der Waals surface area (Å²) in [4.78, 5) is 13.1. The number of nitrogens with zero attached hydrogens (tertiary/aromatic N) is 5. The van der Waals surface area contributed by atoms with E-state index in [1.807, 2.05) is 30.5 Å². The largest absolute Gasteiger partial charge is 0.453 e. The van der Waals surface area contributed by atoms with Gasteiger partial charge in [0.1, 0.15) is 23.9 Å². The Bertz CT molecular complexity index is 1260. The Morgan fingerprint density at radius 3 is 2.61 bits per heavy atom. The molecule has 1 radical (unpaired) electrons. The molecule has 36 heavy (non-hydrogen) atoms. The van der Waals surface area contributed by atoms with Crippen LogP contribution in [-0.4, -0.2) is 45.2 Å². The van der Waals surface area contributed by atoms with E-state index in [4.69, 9.17) is 9.47 Å². The summed E-state index contributed by atoms with van der Waals surface area (Å²) in [6.45, 7) is 8.99. The van der Waals surface area contributed by atoms with Crippen molar-refractivity contribution in [2.45, 2.75) is 45.3 Å². The quantitative estimate of drug-likeness (QED) is 0.212. The van der Waals surface area contributed by atoms with Crippen molar-refractivity contribution in [2.24, 2.45) is 0 Å². The van der Waals surface area contributed by atoms with Crippen LogP contribution in [-0.2, 0) is 17.1 Å². The molecule has 0 bridgehead atoms. The molecular formula is C26H31N6O3Si. The fourth-order valence-corrected chi connectivity index (χ4v) is 3.86. The lowest BCUT2D eigenvalue weighted by atomic mass is 10.1. The molecule has 0 saturated carbocycles. The van der Waals surface area contributed by atoms with Gasteiger partial charge in [-0.05, 0) is 50.2 Å². The molecule has 4 heterocycles. The number of hydrogen-bond donors (Lipinski definition) is 2. The van der Waals surface area contributed by atoms with Gasteiger partial charge in [0.2, 0.25) is 0 Å². The number of hydrogen-bond acceptors (Lipinski definition) is 8. The van der Waals surface area contributed by atoms with Gasteiger partial charge >= 0.3 is 0 Å². The smallest absolute Gasteiger partial charge is 0.175 e. The minimum Gasteiger partial charge on any atom is -0.453 e. The highest BCUT2D eigenvalue weighted by Crippen LogP contribution is 2.32. The predicted octanol–water partition coefficient (Wildman–Crippen LogP) is 5.23. The maximum atomic E-state index is 10.1. The molecule has 0 saturated heterocycles. The van der Waals surface area contributed by atoms with Gasteiger partial charge in [-0.15, -0.1) is 0 Å². The van der Waals surface area contributed by atoms with Crippen molar-refractivity contribution in [1.82, 2.24) is 24.7 Å². The second-order valence-electron chi connectivity index (χ2n) is 9.19. The van der Waals surface area contributed by atoms with Crippen LogP contribution in [0.25, 0.3) is 11.4 Å². The first-order valence-corrected chi connectivity index (χ1v) is 14.4. The molecule has 10 heteroatoms. The SMILES string of the molecule is C[Si](C)CCOCn1cc(Oc2ccnc(Nc3ccc(C(C)(C)O)nc3)c2)c(-c2ccccn2)n1. The van der Waals surface area contributed by atoms with Crippen molar-refractivity contribution in [3.63, 3.8) is 0 Å². The van der Waals surface area contributed by atoms with E-state index in [1.54, 1.807) is 55.3 Å². The molecule has 0 fully saturated rings. The summed E-state index contributed by atoms with van der Waals surface area (Å²) in [5.41, 5.74) is 1.68. The van der Waals surface area contributed by atoms with E-state index < -0.39 is 5.60 Å². The first-order valence-electron chi connectivity index (χ1n) is 11.7. The van der Waals surface area contributed by atoms with Crippen LogP contribution in [0.15, 0.2) is 67.3 Å². The Balaban J connectivity index is 1.51. The van der Waals surface area contributed by atoms with Gasteiger partial charge < -0.3 is 19.9 Å². The van der Waals surface area contributed by atoms with E-state index in [0.717, 1.165) is 11.7 Å². The molecule has 0 aliphatic carbocycles. The molecule has 9 nitrogen and oxygen atoms in total. The fraction of sp³-hybridized carbons (Fsp3) is 0.308. The third kappa shape index (κ3) is 6.97. The Labute approximate surface area is 212 Å². The standard InChI is InChI=1S/C26H31N6O3Si/c1-26(2,33)23-9-8-19(16-29-23)30-24-15-20(10-12-28-24)35-22-17-32(18-34-13-14-36(3)4)31-25(22)21-7-5-6-11-27-21/h5-12,15-17,33H,13-14,18H2,1-4H3,(H,28,30). The lowest BCUT2D eigenvalue weighted by molar-refractivity contribution is 0.0739. The van der Waals surface area contributed by atoms with Gasteiger partial charge in [0.05, 0.1) is 29.5 Å². The molecule has 4 aromatic rings. The zero-order valence-corrected chi connectivity index (χ0v) is 22.0. The molecule has 187 valence electrons. The van der Waals surface area contributed by atoms with E-state index in [2.05, 4.69) is 38.5 Å². The van der Waals surface area contributed by atoms with Crippen LogP contribution in [0, 0.1) is 0 Å². The van der Waals surface area contributed by atoms with Crippen LogP contribution >= 0.6 is 0 Å². The lowest BCUT2D eigenvalue weighted by Gasteiger charge is -2.16. The third-order valence-electron chi connectivity index (χ3n) is 5.23. The summed E-state index contributed by atoms with van der Waals surface area (Å²) in [6, 6.07) is 14.0. The van der Waals surface area contributed by atoms with Crippen molar-refractivity contribution in [2.75, 3.05) is 11.9 Å². The highest BCUT2D eigenvalue weighted by molar-refractivity contribution is 6.55. The van der Waals surface area contributed by atoms with Crippen LogP contribution in [0.1, 0.15) is 19.5 Å². The van der Waals surface area contributed by atoms with Crippen LogP contribution in [0.5, 0.6) is 11.5 Å². The molecule has 0 amide bonds. The van der Waals surface area contributed by atoms with Crippen LogP contribution in [0.4, 0.5) is 11.5 Å². The van der Waals surface area contributed by atoms with E-state index >= 15 is 0 Å².